The molecular formula is C48H33N3. The number of hydrogen-bond acceptors (Lipinski definition) is 3. The summed E-state index contributed by atoms with van der Waals surface area (Å²) >= 11 is 0. The van der Waals surface area contributed by atoms with Crippen LogP contribution in [0.4, 0.5) is 0 Å². The van der Waals surface area contributed by atoms with Crippen molar-refractivity contribution >= 4 is 32.3 Å². The van der Waals surface area contributed by atoms with Crippen molar-refractivity contribution in [1.82, 2.24) is 15.0 Å². The maximum absolute atomic E-state index is 5.28. The lowest BCUT2D eigenvalue weighted by molar-refractivity contribution is 0.660. The van der Waals surface area contributed by atoms with E-state index in [1.54, 1.807) is 0 Å². The smallest absolute Gasteiger partial charge is 0.165 e. The van der Waals surface area contributed by atoms with E-state index in [1.165, 1.54) is 38.6 Å². The highest BCUT2D eigenvalue weighted by molar-refractivity contribution is 6.21. The van der Waals surface area contributed by atoms with Gasteiger partial charge in [-0.15, -0.1) is 0 Å². The van der Waals surface area contributed by atoms with E-state index in [-0.39, 0.29) is 5.41 Å². The second kappa shape index (κ2) is 11.3. The molecule has 0 amide bonds. The van der Waals surface area contributed by atoms with Gasteiger partial charge in [0, 0.05) is 27.5 Å². The van der Waals surface area contributed by atoms with Crippen LogP contribution in [0.25, 0.3) is 88.7 Å². The third-order valence-electron chi connectivity index (χ3n) is 10.7. The molecule has 1 heterocycles. The van der Waals surface area contributed by atoms with Gasteiger partial charge >= 0.3 is 0 Å². The summed E-state index contributed by atoms with van der Waals surface area (Å²) in [6.07, 6.45) is 0. The first-order valence-electron chi connectivity index (χ1n) is 17.5. The van der Waals surface area contributed by atoms with Crippen LogP contribution in [-0.4, -0.2) is 15.0 Å². The van der Waals surface area contributed by atoms with Crippen LogP contribution in [0.1, 0.15) is 25.0 Å². The number of aromatic nitrogens is 3. The topological polar surface area (TPSA) is 38.7 Å². The van der Waals surface area contributed by atoms with Gasteiger partial charge in [0.05, 0.1) is 0 Å². The summed E-state index contributed by atoms with van der Waals surface area (Å²) in [5.41, 5.74) is 10.7. The summed E-state index contributed by atoms with van der Waals surface area (Å²) < 4.78 is 0. The molecule has 0 saturated carbocycles. The van der Waals surface area contributed by atoms with Crippen molar-refractivity contribution in [2.75, 3.05) is 0 Å². The van der Waals surface area contributed by atoms with Crippen molar-refractivity contribution in [1.29, 1.82) is 0 Å². The lowest BCUT2D eigenvalue weighted by atomic mass is 9.81. The molecule has 1 aliphatic rings. The zero-order valence-corrected chi connectivity index (χ0v) is 28.4. The van der Waals surface area contributed by atoms with Crippen molar-refractivity contribution in [3.05, 3.63) is 175 Å². The van der Waals surface area contributed by atoms with Gasteiger partial charge in [-0.1, -0.05) is 166 Å². The molecule has 0 fully saturated rings. The van der Waals surface area contributed by atoms with Crippen LogP contribution in [0.5, 0.6) is 0 Å². The highest BCUT2D eigenvalue weighted by Gasteiger charge is 2.35. The third kappa shape index (κ3) is 4.69. The molecule has 1 aliphatic carbocycles. The molecule has 3 heteroatoms. The Kier molecular flexibility index (Phi) is 6.53. The van der Waals surface area contributed by atoms with E-state index < -0.39 is 0 Å². The molecule has 0 spiro atoms. The van der Waals surface area contributed by atoms with Gasteiger partial charge in [0.1, 0.15) is 0 Å². The minimum atomic E-state index is -0.0475. The number of hydrogen-bond donors (Lipinski definition) is 0. The SMILES string of the molecule is CC1(C)c2ccccc2-c2ccc(-c3ccc(-c4nc(-c5ccccc5)nc(-c5c6ccccc6cc6ccc7ccccc7c56)n4)cc3)cc21. The molecule has 240 valence electrons. The van der Waals surface area contributed by atoms with E-state index in [0.29, 0.717) is 17.5 Å². The largest absolute Gasteiger partial charge is 0.208 e. The lowest BCUT2D eigenvalue weighted by Gasteiger charge is -2.22. The highest BCUT2D eigenvalue weighted by atomic mass is 15.0. The molecule has 0 atom stereocenters. The minimum absolute atomic E-state index is 0.0475. The third-order valence-corrected chi connectivity index (χ3v) is 10.7. The first-order valence-corrected chi connectivity index (χ1v) is 17.5. The fraction of sp³-hybridized carbons (Fsp3) is 0.0625. The number of nitrogens with zero attached hydrogens (tertiary/aromatic N) is 3. The maximum Gasteiger partial charge on any atom is 0.165 e. The van der Waals surface area contributed by atoms with Gasteiger partial charge in [-0.2, -0.15) is 0 Å². The first kappa shape index (κ1) is 29.5. The summed E-state index contributed by atoms with van der Waals surface area (Å²) in [6, 6.07) is 58.4. The van der Waals surface area contributed by atoms with E-state index >= 15 is 0 Å². The van der Waals surface area contributed by atoms with E-state index in [1.807, 2.05) is 18.2 Å². The van der Waals surface area contributed by atoms with E-state index in [9.17, 15) is 0 Å². The molecule has 0 radical (unpaired) electrons. The van der Waals surface area contributed by atoms with Gasteiger partial charge in [0.15, 0.2) is 17.5 Å². The Morgan fingerprint density at radius 3 is 1.75 bits per heavy atom. The van der Waals surface area contributed by atoms with Crippen LogP contribution in [-0.2, 0) is 5.41 Å². The van der Waals surface area contributed by atoms with E-state index in [4.69, 9.17) is 15.0 Å². The molecule has 0 saturated heterocycles. The van der Waals surface area contributed by atoms with Crippen molar-refractivity contribution < 1.29 is 0 Å². The second-order valence-electron chi connectivity index (χ2n) is 14.0. The number of benzene rings is 8. The lowest BCUT2D eigenvalue weighted by Crippen LogP contribution is -2.14. The molecule has 3 nitrogen and oxygen atoms in total. The Labute approximate surface area is 297 Å². The Hall–Kier alpha value is -6.45. The zero-order chi connectivity index (χ0) is 34.1. The van der Waals surface area contributed by atoms with Gasteiger partial charge in [-0.05, 0) is 72.4 Å². The maximum atomic E-state index is 5.28. The quantitative estimate of drug-likeness (QED) is 0.140. The molecule has 0 bridgehead atoms. The Balaban J connectivity index is 1.15. The predicted molar refractivity (Wildman–Crippen MR) is 212 cm³/mol. The van der Waals surface area contributed by atoms with Crippen molar-refractivity contribution in [2.45, 2.75) is 19.3 Å². The normalized spacial score (nSPS) is 13.1. The fourth-order valence-corrected chi connectivity index (χ4v) is 8.10. The van der Waals surface area contributed by atoms with Gasteiger partial charge < -0.3 is 0 Å². The second-order valence-corrected chi connectivity index (χ2v) is 14.0. The molecule has 8 aromatic carbocycles. The van der Waals surface area contributed by atoms with Gasteiger partial charge in [-0.25, -0.2) is 15.0 Å². The molecule has 0 unspecified atom stereocenters. The minimum Gasteiger partial charge on any atom is -0.208 e. The average molecular weight is 652 g/mol. The number of fused-ring (bicyclic) bond motifs is 7. The van der Waals surface area contributed by atoms with Crippen molar-refractivity contribution in [3.63, 3.8) is 0 Å². The standard InChI is InChI=1S/C48H33N3/c1-48(2)41-19-11-10-18-39(41)40-27-26-34(29-42(40)48)30-20-23-33(24-21-30)46-49-45(32-13-4-3-5-14-32)50-47(51-46)44-38-17-9-7-15-35(38)28-36-25-22-31-12-6-8-16-37(31)43(36)44/h3-29H,1-2H3. The Morgan fingerprint density at radius 2 is 0.941 bits per heavy atom. The van der Waals surface area contributed by atoms with Crippen LogP contribution < -0.4 is 0 Å². The van der Waals surface area contributed by atoms with Crippen molar-refractivity contribution in [3.8, 4) is 56.4 Å². The summed E-state index contributed by atoms with van der Waals surface area (Å²) in [6.45, 7) is 4.66. The monoisotopic (exact) mass is 651 g/mol. The molecule has 10 rings (SSSR count). The van der Waals surface area contributed by atoms with Crippen LogP contribution in [0.15, 0.2) is 164 Å². The summed E-state index contributed by atoms with van der Waals surface area (Å²) in [5.74, 6) is 1.97. The van der Waals surface area contributed by atoms with Crippen LogP contribution >= 0.6 is 0 Å². The van der Waals surface area contributed by atoms with Crippen molar-refractivity contribution in [2.24, 2.45) is 0 Å². The Bertz CT molecular complexity index is 2820. The number of rotatable bonds is 4. The van der Waals surface area contributed by atoms with Crippen LogP contribution in [0.3, 0.4) is 0 Å². The van der Waals surface area contributed by atoms with E-state index in [0.717, 1.165) is 43.8 Å². The van der Waals surface area contributed by atoms with Crippen LogP contribution in [0.2, 0.25) is 0 Å². The predicted octanol–water partition coefficient (Wildman–Crippen LogP) is 12.3. The first-order chi connectivity index (χ1) is 25.0. The molecule has 9 aromatic rings. The summed E-state index contributed by atoms with van der Waals surface area (Å²) in [5, 5.41) is 6.96. The van der Waals surface area contributed by atoms with E-state index in [2.05, 4.69) is 159 Å². The fourth-order valence-electron chi connectivity index (χ4n) is 8.10. The molecule has 51 heavy (non-hydrogen) atoms. The van der Waals surface area contributed by atoms with Gasteiger partial charge in [0.2, 0.25) is 0 Å². The zero-order valence-electron chi connectivity index (χ0n) is 28.4. The molecule has 1 aromatic heterocycles. The molecule has 0 aliphatic heterocycles. The summed E-state index contributed by atoms with van der Waals surface area (Å²) in [7, 11) is 0. The average Bonchev–Trinajstić information content (AvgIpc) is 3.42. The molecular weight excluding hydrogens is 619 g/mol. The van der Waals surface area contributed by atoms with Crippen LogP contribution in [0, 0.1) is 0 Å². The van der Waals surface area contributed by atoms with Gasteiger partial charge in [-0.3, -0.25) is 0 Å². The molecule has 0 N–H and O–H groups in total. The summed E-state index contributed by atoms with van der Waals surface area (Å²) in [4.78, 5) is 15.6. The van der Waals surface area contributed by atoms with Gasteiger partial charge in [0.25, 0.3) is 0 Å². The highest BCUT2D eigenvalue weighted by Crippen LogP contribution is 2.49. The Morgan fingerprint density at radius 1 is 0.373 bits per heavy atom.